The number of phenols is 1. The van der Waals surface area contributed by atoms with Gasteiger partial charge in [-0.05, 0) is 75.9 Å². The van der Waals surface area contributed by atoms with Gasteiger partial charge in [0.05, 0.1) is 12.1 Å². The molecule has 0 amide bonds. The van der Waals surface area contributed by atoms with Crippen molar-refractivity contribution in [2.45, 2.75) is 59.4 Å². The first-order chi connectivity index (χ1) is 12.9. The van der Waals surface area contributed by atoms with Crippen molar-refractivity contribution >= 4 is 11.3 Å². The van der Waals surface area contributed by atoms with Gasteiger partial charge in [-0.15, -0.1) is 0 Å². The lowest BCUT2D eigenvalue weighted by molar-refractivity contribution is 0.340. The highest BCUT2D eigenvalue weighted by molar-refractivity contribution is 5.80. The molecule has 0 bridgehead atoms. The van der Waals surface area contributed by atoms with E-state index in [9.17, 15) is 5.11 Å². The van der Waals surface area contributed by atoms with Crippen molar-refractivity contribution in [3.05, 3.63) is 59.7 Å². The molecule has 0 unspecified atom stereocenters. The largest absolute Gasteiger partial charge is 0.508 e. The van der Waals surface area contributed by atoms with Gasteiger partial charge in [0.1, 0.15) is 11.5 Å². The van der Waals surface area contributed by atoms with E-state index in [1.807, 2.05) is 31.2 Å². The summed E-state index contributed by atoms with van der Waals surface area (Å²) in [4.78, 5) is 0. The fourth-order valence-corrected chi connectivity index (χ4v) is 3.31. The number of hydrogen-bond donors (Lipinski definition) is 2. The Bertz CT molecular complexity index is 778. The van der Waals surface area contributed by atoms with Gasteiger partial charge >= 0.3 is 0 Å². The minimum absolute atomic E-state index is 0.0320. The van der Waals surface area contributed by atoms with Gasteiger partial charge < -0.3 is 15.2 Å². The van der Waals surface area contributed by atoms with E-state index in [1.54, 1.807) is 6.07 Å². The number of aromatic hydroxyl groups is 1. The maximum Gasteiger partial charge on any atom is 0.120 e. The molecule has 2 aromatic carbocycles. The summed E-state index contributed by atoms with van der Waals surface area (Å²) in [6.45, 7) is 11.4. The zero-order valence-electron chi connectivity index (χ0n) is 17.3. The number of benzene rings is 2. The summed E-state index contributed by atoms with van der Waals surface area (Å²) in [6, 6.07) is 13.8. The van der Waals surface area contributed by atoms with Gasteiger partial charge in [0.15, 0.2) is 0 Å². The molecule has 146 valence electrons. The summed E-state index contributed by atoms with van der Waals surface area (Å²) in [5.41, 5.74) is 4.83. The van der Waals surface area contributed by atoms with Crippen LogP contribution < -0.4 is 10.1 Å². The van der Waals surface area contributed by atoms with Gasteiger partial charge in [-0.2, -0.15) is 0 Å². The van der Waals surface area contributed by atoms with Crippen LogP contribution in [0.3, 0.4) is 0 Å². The van der Waals surface area contributed by atoms with Crippen LogP contribution in [0.15, 0.2) is 48.5 Å². The number of aryl methyl sites for hydroxylation is 1. The molecule has 27 heavy (non-hydrogen) atoms. The van der Waals surface area contributed by atoms with E-state index >= 15 is 0 Å². The van der Waals surface area contributed by atoms with Gasteiger partial charge in [0.2, 0.25) is 0 Å². The van der Waals surface area contributed by atoms with Crippen LogP contribution in [0.25, 0.3) is 5.57 Å². The third-order valence-electron chi connectivity index (χ3n) is 4.55. The van der Waals surface area contributed by atoms with Crippen LogP contribution in [0.1, 0.15) is 58.6 Å². The Morgan fingerprint density at radius 2 is 1.81 bits per heavy atom. The standard InChI is InChI=1S/C14H19NO.C10H14O/c1-5-16-11-6-7-13-12(8-11)10(2)9-14(3,4)15-13;1-2-3-6-9-7-4-5-8-10(9)11/h6-9,15H,5H2,1-4H3;4-5,7-8,11H,2-3,6H2,1H3. The second-order valence-corrected chi connectivity index (χ2v) is 7.55. The Kier molecular flexibility index (Phi) is 7.35. The molecule has 0 aliphatic carbocycles. The molecule has 1 heterocycles. The number of ether oxygens (including phenoxy) is 1. The van der Waals surface area contributed by atoms with Crippen molar-refractivity contribution in [3.8, 4) is 11.5 Å². The molecule has 0 saturated carbocycles. The first-order valence-electron chi connectivity index (χ1n) is 9.88. The Balaban J connectivity index is 0.000000208. The topological polar surface area (TPSA) is 41.5 Å². The highest BCUT2D eigenvalue weighted by Crippen LogP contribution is 2.35. The highest BCUT2D eigenvalue weighted by atomic mass is 16.5. The first-order valence-corrected chi connectivity index (χ1v) is 9.88. The Hall–Kier alpha value is -2.42. The molecule has 1 aliphatic heterocycles. The van der Waals surface area contributed by atoms with Gasteiger partial charge in [0.25, 0.3) is 0 Å². The third-order valence-corrected chi connectivity index (χ3v) is 4.55. The van der Waals surface area contributed by atoms with E-state index in [2.05, 4.69) is 51.2 Å². The molecule has 3 heteroatoms. The molecule has 0 radical (unpaired) electrons. The van der Waals surface area contributed by atoms with Crippen molar-refractivity contribution in [1.29, 1.82) is 0 Å². The molecule has 3 nitrogen and oxygen atoms in total. The third kappa shape index (κ3) is 6.06. The lowest BCUT2D eigenvalue weighted by atomic mass is 9.91. The molecule has 1 aliphatic rings. The number of rotatable bonds is 5. The van der Waals surface area contributed by atoms with E-state index in [0.29, 0.717) is 12.4 Å². The fraction of sp³-hybridized carbons (Fsp3) is 0.417. The maximum absolute atomic E-state index is 9.34. The number of anilines is 1. The summed E-state index contributed by atoms with van der Waals surface area (Å²) >= 11 is 0. The fourth-order valence-electron chi connectivity index (χ4n) is 3.31. The summed E-state index contributed by atoms with van der Waals surface area (Å²) in [6.07, 6.45) is 5.57. The first kappa shape index (κ1) is 20.9. The molecule has 0 spiro atoms. The molecule has 0 aromatic heterocycles. The monoisotopic (exact) mass is 367 g/mol. The van der Waals surface area contributed by atoms with Crippen LogP contribution in [0, 0.1) is 0 Å². The van der Waals surface area contributed by atoms with Crippen molar-refractivity contribution in [2.75, 3.05) is 11.9 Å². The number of fused-ring (bicyclic) bond motifs is 1. The minimum Gasteiger partial charge on any atom is -0.508 e. The highest BCUT2D eigenvalue weighted by Gasteiger charge is 2.22. The van der Waals surface area contributed by atoms with Crippen LogP contribution in [-0.4, -0.2) is 17.3 Å². The number of unbranched alkanes of at least 4 members (excludes halogenated alkanes) is 1. The number of phenolic OH excluding ortho intramolecular Hbond substituents is 1. The Morgan fingerprint density at radius 3 is 2.48 bits per heavy atom. The SMILES string of the molecule is CCCCc1ccccc1O.CCOc1ccc2c(c1)C(C)=CC(C)(C)N2. The van der Waals surface area contributed by atoms with Crippen molar-refractivity contribution in [3.63, 3.8) is 0 Å². The molecule has 0 atom stereocenters. The number of para-hydroxylation sites is 1. The van der Waals surface area contributed by atoms with E-state index in [1.165, 1.54) is 23.2 Å². The summed E-state index contributed by atoms with van der Waals surface area (Å²) in [7, 11) is 0. The van der Waals surface area contributed by atoms with Crippen LogP contribution >= 0.6 is 0 Å². The van der Waals surface area contributed by atoms with Gasteiger partial charge in [-0.1, -0.05) is 37.6 Å². The van der Waals surface area contributed by atoms with E-state index in [4.69, 9.17) is 4.74 Å². The molecule has 2 aromatic rings. The van der Waals surface area contributed by atoms with Crippen molar-refractivity contribution in [2.24, 2.45) is 0 Å². The minimum atomic E-state index is 0.0320. The lowest BCUT2D eigenvalue weighted by Crippen LogP contribution is -2.31. The van der Waals surface area contributed by atoms with Crippen LogP contribution in [0.4, 0.5) is 5.69 Å². The molecular formula is C24H33NO2. The second-order valence-electron chi connectivity index (χ2n) is 7.55. The average Bonchev–Trinajstić information content (AvgIpc) is 2.62. The van der Waals surface area contributed by atoms with Gasteiger partial charge in [-0.3, -0.25) is 0 Å². The number of nitrogens with one attached hydrogen (secondary N) is 1. The van der Waals surface area contributed by atoms with E-state index < -0.39 is 0 Å². The second kappa shape index (κ2) is 9.50. The Labute approximate surface area is 164 Å². The zero-order valence-corrected chi connectivity index (χ0v) is 17.3. The van der Waals surface area contributed by atoms with E-state index in [-0.39, 0.29) is 5.54 Å². The Morgan fingerprint density at radius 1 is 1.07 bits per heavy atom. The van der Waals surface area contributed by atoms with Crippen LogP contribution in [0.5, 0.6) is 11.5 Å². The molecular weight excluding hydrogens is 334 g/mol. The molecule has 0 fully saturated rings. The average molecular weight is 368 g/mol. The normalized spacial score (nSPS) is 14.2. The van der Waals surface area contributed by atoms with Crippen LogP contribution in [-0.2, 0) is 6.42 Å². The quantitative estimate of drug-likeness (QED) is 0.640. The molecule has 3 rings (SSSR count). The molecule has 2 N–H and O–H groups in total. The van der Waals surface area contributed by atoms with Gasteiger partial charge in [-0.25, -0.2) is 0 Å². The lowest BCUT2D eigenvalue weighted by Gasteiger charge is -2.31. The summed E-state index contributed by atoms with van der Waals surface area (Å²) in [5, 5.41) is 12.8. The maximum atomic E-state index is 9.34. The smallest absolute Gasteiger partial charge is 0.120 e. The van der Waals surface area contributed by atoms with Crippen LogP contribution in [0.2, 0.25) is 0 Å². The predicted molar refractivity (Wildman–Crippen MR) is 116 cm³/mol. The number of allylic oxidation sites excluding steroid dienone is 1. The number of hydrogen-bond acceptors (Lipinski definition) is 3. The van der Waals surface area contributed by atoms with Crippen molar-refractivity contribution < 1.29 is 9.84 Å². The zero-order chi connectivity index (χ0) is 19.9. The van der Waals surface area contributed by atoms with Gasteiger partial charge in [0, 0.05) is 11.3 Å². The van der Waals surface area contributed by atoms with Crippen molar-refractivity contribution in [1.82, 2.24) is 0 Å². The summed E-state index contributed by atoms with van der Waals surface area (Å²) < 4.78 is 5.52. The molecule has 0 saturated heterocycles. The van der Waals surface area contributed by atoms with E-state index in [0.717, 1.165) is 24.2 Å². The summed E-state index contributed by atoms with van der Waals surface area (Å²) in [5.74, 6) is 1.37. The predicted octanol–water partition coefficient (Wildman–Crippen LogP) is 6.43.